The van der Waals surface area contributed by atoms with Gasteiger partial charge in [-0.1, -0.05) is 49.9 Å². The summed E-state index contributed by atoms with van der Waals surface area (Å²) in [6, 6.07) is 17.3. The van der Waals surface area contributed by atoms with Gasteiger partial charge in [0.2, 0.25) is 5.91 Å². The van der Waals surface area contributed by atoms with E-state index in [9.17, 15) is 4.79 Å². The molecule has 3 aliphatic rings. The first-order valence-electron chi connectivity index (χ1n) is 11.8. The van der Waals surface area contributed by atoms with Crippen LogP contribution in [0.5, 0.6) is 0 Å². The molecule has 1 saturated heterocycles. The fourth-order valence-electron chi connectivity index (χ4n) is 4.94. The van der Waals surface area contributed by atoms with Gasteiger partial charge >= 0.3 is 0 Å². The Morgan fingerprint density at radius 1 is 1.06 bits per heavy atom. The minimum atomic E-state index is 0.240. The molecule has 2 aromatic carbocycles. The highest BCUT2D eigenvalue weighted by Crippen LogP contribution is 2.50. The molecule has 5 nitrogen and oxygen atoms in total. The standard InChI is InChI=1S/C26H32N4OS/c1-3-27(4-2)16-8-18-29-23(19-30-22-9-5-6-10-24(22)32-26(29)30)20-12-14-21(15-13-20)28-17-7-11-25(28)31/h5-6,9-10,12-15,19,26H,3-4,7-8,11,16-18H2,1-2H3. The first-order valence-corrected chi connectivity index (χ1v) is 12.7. The Labute approximate surface area is 195 Å². The number of carbonyl (C=O) groups is 1. The average molecular weight is 449 g/mol. The highest BCUT2D eigenvalue weighted by atomic mass is 32.2. The van der Waals surface area contributed by atoms with Crippen molar-refractivity contribution in [2.45, 2.75) is 43.5 Å². The SMILES string of the molecule is CCN(CC)CCCN1C(c2ccc(N3CCCC3=O)cc2)=CN2c3ccccc3SC12. The maximum atomic E-state index is 12.1. The van der Waals surface area contributed by atoms with Gasteiger partial charge in [-0.2, -0.15) is 0 Å². The van der Waals surface area contributed by atoms with Crippen LogP contribution >= 0.6 is 11.8 Å². The Kier molecular flexibility index (Phi) is 6.15. The van der Waals surface area contributed by atoms with Crippen molar-refractivity contribution in [3.8, 4) is 0 Å². The molecule has 0 radical (unpaired) electrons. The van der Waals surface area contributed by atoms with Crippen LogP contribution in [0.3, 0.4) is 0 Å². The van der Waals surface area contributed by atoms with E-state index in [0.29, 0.717) is 6.42 Å². The van der Waals surface area contributed by atoms with Crippen molar-refractivity contribution in [2.75, 3.05) is 42.5 Å². The molecular formula is C26H32N4OS. The van der Waals surface area contributed by atoms with E-state index in [0.717, 1.165) is 51.3 Å². The summed E-state index contributed by atoms with van der Waals surface area (Å²) in [5.41, 5.74) is 5.08. The number of anilines is 2. The predicted octanol–water partition coefficient (Wildman–Crippen LogP) is 5.06. The van der Waals surface area contributed by atoms with Gasteiger partial charge in [-0.3, -0.25) is 4.79 Å². The van der Waals surface area contributed by atoms with Crippen molar-refractivity contribution in [3.63, 3.8) is 0 Å². The third kappa shape index (κ3) is 3.90. The van der Waals surface area contributed by atoms with Crippen LogP contribution in [0.4, 0.5) is 11.4 Å². The third-order valence-electron chi connectivity index (χ3n) is 6.77. The summed E-state index contributed by atoms with van der Waals surface area (Å²) in [7, 11) is 0. The second kappa shape index (κ2) is 9.20. The van der Waals surface area contributed by atoms with Crippen molar-refractivity contribution < 1.29 is 4.79 Å². The lowest BCUT2D eigenvalue weighted by molar-refractivity contribution is -0.117. The zero-order valence-electron chi connectivity index (χ0n) is 19.0. The second-order valence-electron chi connectivity index (χ2n) is 8.60. The molecule has 1 unspecified atom stereocenters. The van der Waals surface area contributed by atoms with Gasteiger partial charge in [-0.05, 0) is 62.3 Å². The lowest BCUT2D eigenvalue weighted by atomic mass is 10.1. The van der Waals surface area contributed by atoms with Crippen LogP contribution in [0.25, 0.3) is 5.70 Å². The van der Waals surface area contributed by atoms with Crippen molar-refractivity contribution in [1.82, 2.24) is 9.80 Å². The maximum Gasteiger partial charge on any atom is 0.227 e. The highest BCUT2D eigenvalue weighted by Gasteiger charge is 2.39. The van der Waals surface area contributed by atoms with Gasteiger partial charge in [0.1, 0.15) is 0 Å². The molecule has 5 rings (SSSR count). The Bertz CT molecular complexity index is 1000. The van der Waals surface area contributed by atoms with E-state index in [4.69, 9.17) is 0 Å². The zero-order valence-corrected chi connectivity index (χ0v) is 19.9. The number of hydrogen-bond acceptors (Lipinski definition) is 5. The Balaban J connectivity index is 1.40. The van der Waals surface area contributed by atoms with Crippen molar-refractivity contribution in [2.24, 2.45) is 0 Å². The Morgan fingerprint density at radius 3 is 2.56 bits per heavy atom. The number of para-hydroxylation sites is 1. The summed E-state index contributed by atoms with van der Waals surface area (Å²) in [5, 5.41) is 0. The number of thioether (sulfide) groups is 1. The molecule has 3 heterocycles. The number of benzene rings is 2. The van der Waals surface area contributed by atoms with E-state index in [2.05, 4.69) is 83.3 Å². The van der Waals surface area contributed by atoms with Crippen LogP contribution in [-0.4, -0.2) is 53.9 Å². The third-order valence-corrected chi connectivity index (χ3v) is 8.06. The number of nitrogens with zero attached hydrogens (tertiary/aromatic N) is 4. The van der Waals surface area contributed by atoms with E-state index in [1.165, 1.54) is 21.8 Å². The normalized spacial score (nSPS) is 19.7. The summed E-state index contributed by atoms with van der Waals surface area (Å²) in [6.45, 7) is 9.66. The molecule has 1 atom stereocenters. The molecule has 3 aliphatic heterocycles. The minimum absolute atomic E-state index is 0.240. The molecule has 32 heavy (non-hydrogen) atoms. The topological polar surface area (TPSA) is 30.0 Å². The van der Waals surface area contributed by atoms with Crippen LogP contribution in [0.15, 0.2) is 59.6 Å². The molecule has 0 spiro atoms. The molecule has 2 aromatic rings. The first kappa shape index (κ1) is 21.4. The van der Waals surface area contributed by atoms with Gasteiger partial charge in [0.15, 0.2) is 5.50 Å². The van der Waals surface area contributed by atoms with Gasteiger partial charge in [-0.15, -0.1) is 0 Å². The van der Waals surface area contributed by atoms with Crippen LogP contribution < -0.4 is 9.80 Å². The number of hydrogen-bond donors (Lipinski definition) is 0. The highest BCUT2D eigenvalue weighted by molar-refractivity contribution is 8.00. The predicted molar refractivity (Wildman–Crippen MR) is 134 cm³/mol. The smallest absolute Gasteiger partial charge is 0.227 e. The summed E-state index contributed by atoms with van der Waals surface area (Å²) < 4.78 is 0. The number of carbonyl (C=O) groups excluding carboxylic acids is 1. The Hall–Kier alpha value is -2.44. The molecule has 0 bridgehead atoms. The van der Waals surface area contributed by atoms with Crippen molar-refractivity contribution in [1.29, 1.82) is 0 Å². The fraction of sp³-hybridized carbons (Fsp3) is 0.423. The molecule has 1 amide bonds. The van der Waals surface area contributed by atoms with Gasteiger partial charge < -0.3 is 19.6 Å². The van der Waals surface area contributed by atoms with Crippen LogP contribution in [0, 0.1) is 0 Å². The molecular weight excluding hydrogens is 416 g/mol. The molecule has 6 heteroatoms. The maximum absolute atomic E-state index is 12.1. The van der Waals surface area contributed by atoms with Crippen LogP contribution in [0.2, 0.25) is 0 Å². The first-order chi connectivity index (χ1) is 15.7. The fourth-order valence-corrected chi connectivity index (χ4v) is 6.25. The molecule has 0 aliphatic carbocycles. The monoisotopic (exact) mass is 448 g/mol. The molecule has 168 valence electrons. The summed E-state index contributed by atoms with van der Waals surface area (Å²) in [5.74, 6) is 0.240. The zero-order chi connectivity index (χ0) is 22.1. The lowest BCUT2D eigenvalue weighted by Gasteiger charge is -2.30. The van der Waals surface area contributed by atoms with E-state index in [1.54, 1.807) is 0 Å². The van der Waals surface area contributed by atoms with E-state index < -0.39 is 0 Å². The molecule has 0 aromatic heterocycles. The van der Waals surface area contributed by atoms with E-state index >= 15 is 0 Å². The molecule has 0 saturated carbocycles. The van der Waals surface area contributed by atoms with Crippen LogP contribution in [0.1, 0.15) is 38.7 Å². The van der Waals surface area contributed by atoms with E-state index in [-0.39, 0.29) is 11.4 Å². The summed E-state index contributed by atoms with van der Waals surface area (Å²) >= 11 is 1.94. The van der Waals surface area contributed by atoms with Gasteiger partial charge in [0.05, 0.1) is 11.4 Å². The second-order valence-corrected chi connectivity index (χ2v) is 9.70. The van der Waals surface area contributed by atoms with Gasteiger partial charge in [0.25, 0.3) is 0 Å². The van der Waals surface area contributed by atoms with E-state index in [1.807, 2.05) is 16.7 Å². The summed E-state index contributed by atoms with van der Waals surface area (Å²) in [4.78, 5) is 22.9. The van der Waals surface area contributed by atoms with Gasteiger partial charge in [0, 0.05) is 36.3 Å². The van der Waals surface area contributed by atoms with Crippen molar-refractivity contribution >= 4 is 34.7 Å². The lowest BCUT2D eigenvalue weighted by Crippen LogP contribution is -2.36. The van der Waals surface area contributed by atoms with Gasteiger partial charge in [-0.25, -0.2) is 0 Å². The number of rotatable bonds is 8. The number of fused-ring (bicyclic) bond motifs is 3. The average Bonchev–Trinajstić information content (AvgIpc) is 3.51. The number of amides is 1. The quantitative estimate of drug-likeness (QED) is 0.564. The van der Waals surface area contributed by atoms with Crippen molar-refractivity contribution in [3.05, 3.63) is 60.3 Å². The summed E-state index contributed by atoms with van der Waals surface area (Å²) in [6.07, 6.45) is 5.08. The molecule has 1 fully saturated rings. The van der Waals surface area contributed by atoms with Crippen LogP contribution in [-0.2, 0) is 4.79 Å². The minimum Gasteiger partial charge on any atom is -0.340 e. The Morgan fingerprint density at radius 2 is 1.84 bits per heavy atom. The largest absolute Gasteiger partial charge is 0.340 e. The molecule has 0 N–H and O–H groups in total.